The zero-order chi connectivity index (χ0) is 19.1. The van der Waals surface area contributed by atoms with Crippen molar-refractivity contribution in [2.45, 2.75) is 53.1 Å². The predicted octanol–water partition coefficient (Wildman–Crippen LogP) is 5.34. The Balaban J connectivity index is 2.22. The number of benzene rings is 1. The van der Waals surface area contributed by atoms with Gasteiger partial charge in [0.05, 0.1) is 18.0 Å². The summed E-state index contributed by atoms with van der Waals surface area (Å²) in [6.45, 7) is 9.20. The van der Waals surface area contributed by atoms with Crippen molar-refractivity contribution in [1.29, 1.82) is 0 Å². The second-order valence-electron chi connectivity index (χ2n) is 6.88. The molecule has 5 heteroatoms. The van der Waals surface area contributed by atoms with E-state index in [4.69, 9.17) is 4.74 Å². The molecule has 0 bridgehead atoms. The highest BCUT2D eigenvalue weighted by Gasteiger charge is 2.13. The standard InChI is InChI=1S/C21H28F2N2O/c1-5-6-11-26-16-7-8-18(22)17(12-16)20-10-9-19(23)21(25-20)13-24-15(4)14(2)3/h7-10,12,14-15,24H,5-6,11,13H2,1-4H3/t15-/m1/s1. The van der Waals surface area contributed by atoms with E-state index in [-0.39, 0.29) is 11.7 Å². The van der Waals surface area contributed by atoms with Gasteiger partial charge in [0.1, 0.15) is 17.4 Å². The van der Waals surface area contributed by atoms with Gasteiger partial charge in [0.15, 0.2) is 0 Å². The zero-order valence-corrected chi connectivity index (χ0v) is 16.0. The summed E-state index contributed by atoms with van der Waals surface area (Å²) in [5.41, 5.74) is 1.00. The predicted molar refractivity (Wildman–Crippen MR) is 101 cm³/mol. The molecule has 3 nitrogen and oxygen atoms in total. The van der Waals surface area contributed by atoms with E-state index in [9.17, 15) is 8.78 Å². The first kappa shape index (κ1) is 20.3. The van der Waals surface area contributed by atoms with Crippen LogP contribution in [0.15, 0.2) is 30.3 Å². The second-order valence-corrected chi connectivity index (χ2v) is 6.88. The van der Waals surface area contributed by atoms with E-state index in [0.717, 1.165) is 12.8 Å². The molecule has 0 saturated heterocycles. The number of pyridine rings is 1. The normalized spacial score (nSPS) is 12.4. The van der Waals surface area contributed by atoms with Crippen molar-refractivity contribution in [3.05, 3.63) is 47.7 Å². The van der Waals surface area contributed by atoms with Gasteiger partial charge in [-0.2, -0.15) is 0 Å². The number of hydrogen-bond acceptors (Lipinski definition) is 3. The summed E-state index contributed by atoms with van der Waals surface area (Å²) in [7, 11) is 0. The Labute approximate surface area is 154 Å². The molecule has 0 aliphatic heterocycles. The van der Waals surface area contributed by atoms with Gasteiger partial charge in [0.2, 0.25) is 0 Å². The zero-order valence-electron chi connectivity index (χ0n) is 16.0. The van der Waals surface area contributed by atoms with E-state index in [1.165, 1.54) is 18.2 Å². The van der Waals surface area contributed by atoms with E-state index in [1.807, 2.05) is 6.92 Å². The van der Waals surface area contributed by atoms with Crippen LogP contribution in [0.5, 0.6) is 5.75 Å². The van der Waals surface area contributed by atoms with Gasteiger partial charge in [-0.15, -0.1) is 0 Å². The Bertz CT molecular complexity index is 719. The summed E-state index contributed by atoms with van der Waals surface area (Å²) in [6, 6.07) is 7.65. The maximum atomic E-state index is 14.3. The average molecular weight is 362 g/mol. The maximum absolute atomic E-state index is 14.3. The van der Waals surface area contributed by atoms with Crippen molar-refractivity contribution in [2.75, 3.05) is 6.61 Å². The van der Waals surface area contributed by atoms with Crippen molar-refractivity contribution >= 4 is 0 Å². The van der Waals surface area contributed by atoms with Gasteiger partial charge in [0, 0.05) is 18.2 Å². The van der Waals surface area contributed by atoms with E-state index in [2.05, 4.69) is 31.1 Å². The topological polar surface area (TPSA) is 34.1 Å². The maximum Gasteiger partial charge on any atom is 0.146 e. The number of nitrogens with one attached hydrogen (secondary N) is 1. The lowest BCUT2D eigenvalue weighted by molar-refractivity contribution is 0.309. The molecule has 0 spiro atoms. The van der Waals surface area contributed by atoms with Gasteiger partial charge in [-0.1, -0.05) is 27.2 Å². The molecule has 0 amide bonds. The van der Waals surface area contributed by atoms with Crippen molar-refractivity contribution in [1.82, 2.24) is 10.3 Å². The van der Waals surface area contributed by atoms with Crippen molar-refractivity contribution in [3.8, 4) is 17.0 Å². The first-order chi connectivity index (χ1) is 12.4. The van der Waals surface area contributed by atoms with E-state index < -0.39 is 11.6 Å². The number of halogens is 2. The van der Waals surface area contributed by atoms with E-state index >= 15 is 0 Å². The summed E-state index contributed by atoms with van der Waals surface area (Å²) in [6.07, 6.45) is 1.96. The molecule has 0 aliphatic carbocycles. The summed E-state index contributed by atoms with van der Waals surface area (Å²) in [4.78, 5) is 4.34. The Morgan fingerprint density at radius 3 is 2.50 bits per heavy atom. The lowest BCUT2D eigenvalue weighted by atomic mass is 10.1. The van der Waals surface area contributed by atoms with Gasteiger partial charge in [0.25, 0.3) is 0 Å². The number of rotatable bonds is 9. The van der Waals surface area contributed by atoms with Gasteiger partial charge in [-0.05, 0) is 49.6 Å². The summed E-state index contributed by atoms with van der Waals surface area (Å²) >= 11 is 0. The molecule has 1 N–H and O–H groups in total. The summed E-state index contributed by atoms with van der Waals surface area (Å²) in [5, 5.41) is 3.26. The average Bonchev–Trinajstić information content (AvgIpc) is 2.62. The van der Waals surface area contributed by atoms with Crippen molar-refractivity contribution in [3.63, 3.8) is 0 Å². The molecule has 2 aromatic rings. The van der Waals surface area contributed by atoms with Gasteiger partial charge < -0.3 is 10.1 Å². The SMILES string of the molecule is CCCCOc1ccc(F)c(-c2ccc(F)c(CN[C@H](C)C(C)C)n2)c1. The first-order valence-corrected chi connectivity index (χ1v) is 9.23. The fourth-order valence-corrected chi connectivity index (χ4v) is 2.38. The minimum Gasteiger partial charge on any atom is -0.494 e. The quantitative estimate of drug-likeness (QED) is 0.612. The van der Waals surface area contributed by atoms with Crippen LogP contribution in [0.1, 0.15) is 46.2 Å². The first-order valence-electron chi connectivity index (χ1n) is 9.23. The monoisotopic (exact) mass is 362 g/mol. The van der Waals surface area contributed by atoms with E-state index in [0.29, 0.717) is 36.1 Å². The molecular weight excluding hydrogens is 334 g/mol. The molecule has 0 unspecified atom stereocenters. The minimum atomic E-state index is -0.401. The number of ether oxygens (including phenoxy) is 1. The van der Waals surface area contributed by atoms with Crippen LogP contribution < -0.4 is 10.1 Å². The van der Waals surface area contributed by atoms with Gasteiger partial charge in [-0.3, -0.25) is 0 Å². The Hall–Kier alpha value is -2.01. The molecule has 142 valence electrons. The smallest absolute Gasteiger partial charge is 0.146 e. The molecule has 0 saturated carbocycles. The van der Waals surface area contributed by atoms with Crippen LogP contribution in [0.4, 0.5) is 8.78 Å². The molecule has 1 heterocycles. The second kappa shape index (κ2) is 9.62. The van der Waals surface area contributed by atoms with Crippen molar-refractivity contribution in [2.24, 2.45) is 5.92 Å². The van der Waals surface area contributed by atoms with Crippen LogP contribution in [-0.4, -0.2) is 17.6 Å². The van der Waals surface area contributed by atoms with Crippen LogP contribution in [0.2, 0.25) is 0 Å². The van der Waals surface area contributed by atoms with Crippen molar-refractivity contribution < 1.29 is 13.5 Å². The van der Waals surface area contributed by atoms with Gasteiger partial charge in [-0.25, -0.2) is 13.8 Å². The number of nitrogens with zero attached hydrogens (tertiary/aromatic N) is 1. The number of unbranched alkanes of at least 4 members (excludes halogenated alkanes) is 1. The highest BCUT2D eigenvalue weighted by Crippen LogP contribution is 2.27. The fraction of sp³-hybridized carbons (Fsp3) is 0.476. The highest BCUT2D eigenvalue weighted by molar-refractivity contribution is 5.62. The highest BCUT2D eigenvalue weighted by atomic mass is 19.1. The van der Waals surface area contributed by atoms with Gasteiger partial charge >= 0.3 is 0 Å². The van der Waals surface area contributed by atoms with Crippen LogP contribution in [-0.2, 0) is 6.54 Å². The lowest BCUT2D eigenvalue weighted by Gasteiger charge is -2.17. The number of aromatic nitrogens is 1. The number of hydrogen-bond donors (Lipinski definition) is 1. The third-order valence-electron chi connectivity index (χ3n) is 4.49. The molecule has 0 radical (unpaired) electrons. The molecular formula is C21H28F2N2O. The van der Waals surface area contributed by atoms with E-state index in [1.54, 1.807) is 12.1 Å². The Morgan fingerprint density at radius 1 is 1.08 bits per heavy atom. The third-order valence-corrected chi connectivity index (χ3v) is 4.49. The molecule has 1 atom stereocenters. The fourth-order valence-electron chi connectivity index (χ4n) is 2.38. The molecule has 1 aromatic carbocycles. The molecule has 26 heavy (non-hydrogen) atoms. The Kier molecular flexibility index (Phi) is 7.51. The largest absolute Gasteiger partial charge is 0.494 e. The molecule has 0 aliphatic rings. The summed E-state index contributed by atoms with van der Waals surface area (Å²) < 4.78 is 34.0. The van der Waals surface area contributed by atoms with Crippen LogP contribution in [0, 0.1) is 17.6 Å². The lowest BCUT2D eigenvalue weighted by Crippen LogP contribution is -2.30. The molecule has 0 fully saturated rings. The Morgan fingerprint density at radius 2 is 1.81 bits per heavy atom. The van der Waals surface area contributed by atoms with Crippen LogP contribution in [0.3, 0.4) is 0 Å². The van der Waals surface area contributed by atoms with Crippen LogP contribution in [0.25, 0.3) is 11.3 Å². The minimum absolute atomic E-state index is 0.229. The third kappa shape index (κ3) is 5.49. The van der Waals surface area contributed by atoms with Crippen LogP contribution >= 0.6 is 0 Å². The molecule has 2 rings (SSSR count). The molecule has 1 aromatic heterocycles. The summed E-state index contributed by atoms with van der Waals surface area (Å²) in [5.74, 6) is 0.221.